The van der Waals surface area contributed by atoms with E-state index in [-0.39, 0.29) is 18.5 Å². The molecule has 1 N–H and O–H groups in total. The molecule has 2 atom stereocenters. The summed E-state index contributed by atoms with van der Waals surface area (Å²) in [6, 6.07) is 0. The van der Waals surface area contributed by atoms with Crippen LogP contribution in [-0.2, 0) is 0 Å². The van der Waals surface area contributed by atoms with Crippen molar-refractivity contribution in [2.24, 2.45) is 5.92 Å². The monoisotopic (exact) mass is 271 g/mol. The summed E-state index contributed by atoms with van der Waals surface area (Å²) < 4.78 is 0. The largest absolute Gasteiger partial charge is 0.393 e. The Morgan fingerprint density at radius 3 is 2.50 bits per heavy atom. The van der Waals surface area contributed by atoms with Crippen LogP contribution >= 0.6 is 12.4 Å². The van der Waals surface area contributed by atoms with Gasteiger partial charge in [-0.2, -0.15) is 0 Å². The molecule has 2 unspecified atom stereocenters. The van der Waals surface area contributed by atoms with Crippen molar-refractivity contribution in [3.63, 3.8) is 0 Å². The first kappa shape index (κ1) is 14.4. The van der Waals surface area contributed by atoms with E-state index in [1.807, 2.05) is 0 Å². The van der Waals surface area contributed by atoms with Crippen molar-refractivity contribution < 1.29 is 5.11 Å². The molecule has 0 bridgehead atoms. The average molecular weight is 272 g/mol. The number of aliphatic hydroxyl groups is 1. The summed E-state index contributed by atoms with van der Waals surface area (Å²) in [6.45, 7) is 3.96. The third kappa shape index (κ3) is 3.28. The van der Waals surface area contributed by atoms with Gasteiger partial charge in [0.1, 0.15) is 0 Å². The molecule has 1 aliphatic heterocycles. The van der Waals surface area contributed by atoms with E-state index in [4.69, 9.17) is 0 Å². The van der Waals surface area contributed by atoms with Gasteiger partial charge in [0.05, 0.1) is 6.10 Å². The Morgan fingerprint density at radius 1 is 1.00 bits per heavy atom. The molecule has 0 radical (unpaired) electrons. The highest BCUT2D eigenvalue weighted by molar-refractivity contribution is 5.85. The molecule has 0 aromatic rings. The van der Waals surface area contributed by atoms with Crippen LogP contribution in [0.2, 0.25) is 0 Å². The zero-order valence-corrected chi connectivity index (χ0v) is 12.1. The van der Waals surface area contributed by atoms with E-state index >= 15 is 0 Å². The van der Waals surface area contributed by atoms with Gasteiger partial charge in [-0.1, -0.05) is 17.6 Å². The zero-order chi connectivity index (χ0) is 11.7. The van der Waals surface area contributed by atoms with Crippen LogP contribution < -0.4 is 0 Å². The molecular formula is C15H26ClNO. The Bertz CT molecular complexity index is 310. The van der Waals surface area contributed by atoms with E-state index < -0.39 is 0 Å². The molecular weight excluding hydrogens is 246 g/mol. The Labute approximate surface area is 117 Å². The normalized spacial score (nSPS) is 33.2. The number of hydrogen-bond donors (Lipinski definition) is 1. The number of nitrogens with zero attached hydrogens (tertiary/aromatic N) is 1. The van der Waals surface area contributed by atoms with Crippen molar-refractivity contribution >= 4 is 12.4 Å². The minimum absolute atomic E-state index is 0. The van der Waals surface area contributed by atoms with Crippen LogP contribution in [0.3, 0.4) is 0 Å². The van der Waals surface area contributed by atoms with E-state index in [1.165, 1.54) is 58.2 Å². The summed E-state index contributed by atoms with van der Waals surface area (Å²) in [4.78, 5) is 2.67. The first-order chi connectivity index (χ1) is 8.31. The fourth-order valence-corrected chi connectivity index (χ4v) is 3.93. The van der Waals surface area contributed by atoms with Crippen molar-refractivity contribution in [1.29, 1.82) is 0 Å². The van der Waals surface area contributed by atoms with Gasteiger partial charge in [-0.3, -0.25) is 0 Å². The van der Waals surface area contributed by atoms with Crippen molar-refractivity contribution in [1.82, 2.24) is 4.90 Å². The first-order valence-corrected chi connectivity index (χ1v) is 7.41. The average Bonchev–Trinajstić information content (AvgIpc) is 2.71. The standard InChI is InChI=1S/C15H25NO.ClH/c17-15-5-4-13-8-12(9-14(13)10-15)11-16-6-2-1-3-7-16;/h12,15,17H,1-11H2;1H. The summed E-state index contributed by atoms with van der Waals surface area (Å²) in [5.74, 6) is 0.864. The number of aliphatic hydroxyl groups excluding tert-OH is 1. The molecule has 3 aliphatic rings. The van der Waals surface area contributed by atoms with Crippen LogP contribution in [0.4, 0.5) is 0 Å². The van der Waals surface area contributed by atoms with E-state index in [0.717, 1.165) is 18.8 Å². The lowest BCUT2D eigenvalue weighted by Crippen LogP contribution is -2.33. The SMILES string of the molecule is Cl.OC1CCC2=C(C1)CC(CN1CCCCC1)C2. The van der Waals surface area contributed by atoms with Crippen molar-refractivity contribution in [2.75, 3.05) is 19.6 Å². The Hall–Kier alpha value is -0.0500. The highest BCUT2D eigenvalue weighted by atomic mass is 35.5. The Morgan fingerprint density at radius 2 is 1.72 bits per heavy atom. The summed E-state index contributed by atoms with van der Waals surface area (Å²) in [7, 11) is 0. The summed E-state index contributed by atoms with van der Waals surface area (Å²) in [5.41, 5.74) is 3.32. The van der Waals surface area contributed by atoms with E-state index in [0.29, 0.717) is 0 Å². The molecule has 0 saturated carbocycles. The van der Waals surface area contributed by atoms with E-state index in [2.05, 4.69) is 4.90 Å². The smallest absolute Gasteiger partial charge is 0.0580 e. The van der Waals surface area contributed by atoms with Crippen molar-refractivity contribution in [2.45, 2.75) is 57.5 Å². The van der Waals surface area contributed by atoms with Crippen LogP contribution in [0.25, 0.3) is 0 Å². The number of likely N-dealkylation sites (tertiary alicyclic amines) is 1. The molecule has 3 heteroatoms. The van der Waals surface area contributed by atoms with Crippen LogP contribution in [0.1, 0.15) is 51.4 Å². The minimum atomic E-state index is -0.0394. The maximum Gasteiger partial charge on any atom is 0.0580 e. The third-order valence-electron chi connectivity index (χ3n) is 4.80. The second-order valence-electron chi connectivity index (χ2n) is 6.24. The summed E-state index contributed by atoms with van der Waals surface area (Å²) >= 11 is 0. The van der Waals surface area contributed by atoms with Gasteiger partial charge < -0.3 is 10.0 Å². The Balaban J connectivity index is 0.00000120. The fourth-order valence-electron chi connectivity index (χ4n) is 3.93. The number of halogens is 1. The lowest BCUT2D eigenvalue weighted by Gasteiger charge is -2.29. The van der Waals surface area contributed by atoms with Crippen LogP contribution in [0.15, 0.2) is 11.1 Å². The van der Waals surface area contributed by atoms with Gasteiger partial charge in [0, 0.05) is 6.54 Å². The number of piperidine rings is 1. The van der Waals surface area contributed by atoms with Crippen molar-refractivity contribution in [3.8, 4) is 0 Å². The third-order valence-corrected chi connectivity index (χ3v) is 4.80. The first-order valence-electron chi connectivity index (χ1n) is 7.41. The number of hydrogen-bond acceptors (Lipinski definition) is 2. The highest BCUT2D eigenvalue weighted by Gasteiger charge is 2.29. The predicted molar refractivity (Wildman–Crippen MR) is 77.1 cm³/mol. The quantitative estimate of drug-likeness (QED) is 0.780. The number of allylic oxidation sites excluding steroid dienone is 1. The second-order valence-corrected chi connectivity index (χ2v) is 6.24. The molecule has 1 saturated heterocycles. The lowest BCUT2D eigenvalue weighted by atomic mass is 9.92. The molecule has 0 aromatic carbocycles. The molecule has 0 spiro atoms. The van der Waals surface area contributed by atoms with Gasteiger partial charge in [0.2, 0.25) is 0 Å². The molecule has 1 heterocycles. The maximum atomic E-state index is 9.72. The molecule has 0 amide bonds. The Kier molecular flexibility index (Phi) is 5.11. The molecule has 2 aliphatic carbocycles. The minimum Gasteiger partial charge on any atom is -0.393 e. The summed E-state index contributed by atoms with van der Waals surface area (Å²) in [5, 5.41) is 9.72. The van der Waals surface area contributed by atoms with Gasteiger partial charge >= 0.3 is 0 Å². The zero-order valence-electron chi connectivity index (χ0n) is 11.2. The van der Waals surface area contributed by atoms with Crippen LogP contribution in [0.5, 0.6) is 0 Å². The van der Waals surface area contributed by atoms with Crippen LogP contribution in [0, 0.1) is 5.92 Å². The fraction of sp³-hybridized carbons (Fsp3) is 0.867. The van der Waals surface area contributed by atoms with Gasteiger partial charge in [-0.15, -0.1) is 12.4 Å². The maximum absolute atomic E-state index is 9.72. The molecule has 3 rings (SSSR count). The van der Waals surface area contributed by atoms with Gasteiger partial charge in [0.15, 0.2) is 0 Å². The van der Waals surface area contributed by atoms with Gasteiger partial charge in [-0.25, -0.2) is 0 Å². The molecule has 1 fully saturated rings. The highest BCUT2D eigenvalue weighted by Crippen LogP contribution is 2.40. The molecule has 18 heavy (non-hydrogen) atoms. The molecule has 0 aromatic heterocycles. The predicted octanol–water partition coefficient (Wildman–Crippen LogP) is 3.15. The van der Waals surface area contributed by atoms with Gasteiger partial charge in [0.25, 0.3) is 0 Å². The van der Waals surface area contributed by atoms with E-state index in [9.17, 15) is 5.11 Å². The topological polar surface area (TPSA) is 23.5 Å². The van der Waals surface area contributed by atoms with Gasteiger partial charge in [-0.05, 0) is 64.0 Å². The second kappa shape index (κ2) is 6.40. The number of rotatable bonds is 2. The van der Waals surface area contributed by atoms with Crippen molar-refractivity contribution in [3.05, 3.63) is 11.1 Å². The van der Waals surface area contributed by atoms with E-state index in [1.54, 1.807) is 11.1 Å². The van der Waals surface area contributed by atoms with Crippen LogP contribution in [-0.4, -0.2) is 35.7 Å². The molecule has 2 nitrogen and oxygen atoms in total. The molecule has 104 valence electrons. The summed E-state index contributed by atoms with van der Waals surface area (Å²) in [6.07, 6.45) is 9.97. The lowest BCUT2D eigenvalue weighted by molar-refractivity contribution is 0.158.